The second-order valence-electron chi connectivity index (χ2n) is 6.12. The van der Waals surface area contributed by atoms with Crippen molar-refractivity contribution in [3.63, 3.8) is 0 Å². The highest BCUT2D eigenvalue weighted by atomic mass is 16.3. The Labute approximate surface area is 138 Å². The zero-order chi connectivity index (χ0) is 15.9. The molecule has 0 bridgehead atoms. The van der Waals surface area contributed by atoms with Crippen LogP contribution in [0, 0.1) is 5.92 Å². The van der Waals surface area contributed by atoms with Crippen LogP contribution in [-0.4, -0.2) is 5.11 Å². The van der Waals surface area contributed by atoms with Crippen LogP contribution in [0.5, 0.6) is 5.75 Å². The lowest BCUT2D eigenvalue weighted by Crippen LogP contribution is -2.12. The van der Waals surface area contributed by atoms with Crippen molar-refractivity contribution in [2.24, 2.45) is 5.92 Å². The highest BCUT2D eigenvalue weighted by Gasteiger charge is 2.12. The summed E-state index contributed by atoms with van der Waals surface area (Å²) >= 11 is 0. The summed E-state index contributed by atoms with van der Waals surface area (Å²) in [7, 11) is 0. The summed E-state index contributed by atoms with van der Waals surface area (Å²) in [6.07, 6.45) is 3.15. The SMILES string of the molecule is Oc1ccc(CC(Cc2ccccc2)Cc2ccccc2)cc1. The van der Waals surface area contributed by atoms with E-state index >= 15 is 0 Å². The first-order valence-corrected chi connectivity index (χ1v) is 8.15. The first-order valence-electron chi connectivity index (χ1n) is 8.15. The Balaban J connectivity index is 1.76. The normalized spacial score (nSPS) is 10.8. The monoisotopic (exact) mass is 302 g/mol. The van der Waals surface area contributed by atoms with Crippen LogP contribution in [0.3, 0.4) is 0 Å². The van der Waals surface area contributed by atoms with Crippen molar-refractivity contribution >= 4 is 0 Å². The van der Waals surface area contributed by atoms with Gasteiger partial charge in [-0.05, 0) is 54.0 Å². The maximum atomic E-state index is 9.46. The van der Waals surface area contributed by atoms with Crippen LogP contribution >= 0.6 is 0 Å². The van der Waals surface area contributed by atoms with Crippen LogP contribution in [0.2, 0.25) is 0 Å². The van der Waals surface area contributed by atoms with Crippen molar-refractivity contribution in [2.75, 3.05) is 0 Å². The van der Waals surface area contributed by atoms with Crippen molar-refractivity contribution in [3.8, 4) is 5.75 Å². The third kappa shape index (κ3) is 4.72. The van der Waals surface area contributed by atoms with Crippen molar-refractivity contribution in [1.29, 1.82) is 0 Å². The molecule has 0 aromatic heterocycles. The van der Waals surface area contributed by atoms with Crippen LogP contribution in [-0.2, 0) is 19.3 Å². The van der Waals surface area contributed by atoms with Gasteiger partial charge in [0.25, 0.3) is 0 Å². The molecule has 0 saturated heterocycles. The molecule has 0 amide bonds. The molecule has 1 nitrogen and oxygen atoms in total. The van der Waals surface area contributed by atoms with E-state index in [9.17, 15) is 5.11 Å². The molecule has 0 spiro atoms. The smallest absolute Gasteiger partial charge is 0.115 e. The molecule has 0 aliphatic rings. The second kappa shape index (κ2) is 7.64. The van der Waals surface area contributed by atoms with Crippen LogP contribution in [0.25, 0.3) is 0 Å². The van der Waals surface area contributed by atoms with Gasteiger partial charge in [-0.25, -0.2) is 0 Å². The third-order valence-corrected chi connectivity index (χ3v) is 4.20. The molecule has 0 heterocycles. The van der Waals surface area contributed by atoms with E-state index < -0.39 is 0 Å². The molecule has 23 heavy (non-hydrogen) atoms. The van der Waals surface area contributed by atoms with Gasteiger partial charge in [-0.2, -0.15) is 0 Å². The predicted molar refractivity (Wildman–Crippen MR) is 95.6 cm³/mol. The molecular formula is C22H22O. The summed E-state index contributed by atoms with van der Waals surface area (Å²) in [5, 5.41) is 9.46. The van der Waals surface area contributed by atoms with E-state index in [1.807, 2.05) is 12.1 Å². The standard InChI is InChI=1S/C22H22O/c23-22-13-11-20(12-14-22)17-21(15-18-7-3-1-4-8-18)16-19-9-5-2-6-10-19/h1-14,21,23H,15-17H2. The Bertz CT molecular complexity index is 660. The molecule has 0 aliphatic heterocycles. The number of rotatable bonds is 6. The molecule has 0 radical (unpaired) electrons. The van der Waals surface area contributed by atoms with E-state index in [2.05, 4.69) is 60.7 Å². The van der Waals surface area contributed by atoms with Gasteiger partial charge < -0.3 is 5.11 Å². The molecule has 3 rings (SSSR count). The largest absolute Gasteiger partial charge is 0.508 e. The van der Waals surface area contributed by atoms with Gasteiger partial charge in [-0.15, -0.1) is 0 Å². The molecule has 0 fully saturated rings. The van der Waals surface area contributed by atoms with Crippen molar-refractivity contribution in [2.45, 2.75) is 19.3 Å². The molecule has 1 N–H and O–H groups in total. The average Bonchev–Trinajstić information content (AvgIpc) is 2.59. The molecule has 0 unspecified atom stereocenters. The third-order valence-electron chi connectivity index (χ3n) is 4.20. The van der Waals surface area contributed by atoms with Gasteiger partial charge in [0.1, 0.15) is 5.75 Å². The van der Waals surface area contributed by atoms with Crippen molar-refractivity contribution in [1.82, 2.24) is 0 Å². The Kier molecular flexibility index (Phi) is 5.10. The Morgan fingerprint density at radius 1 is 0.522 bits per heavy atom. The second-order valence-corrected chi connectivity index (χ2v) is 6.12. The number of hydrogen-bond acceptors (Lipinski definition) is 1. The first-order chi connectivity index (χ1) is 11.3. The van der Waals surface area contributed by atoms with Gasteiger partial charge in [0, 0.05) is 0 Å². The van der Waals surface area contributed by atoms with E-state index in [1.54, 1.807) is 12.1 Å². The van der Waals surface area contributed by atoms with Gasteiger partial charge in [-0.1, -0.05) is 72.8 Å². The van der Waals surface area contributed by atoms with Crippen LogP contribution in [0.1, 0.15) is 16.7 Å². The van der Waals surface area contributed by atoms with Gasteiger partial charge in [0.15, 0.2) is 0 Å². The van der Waals surface area contributed by atoms with Crippen molar-refractivity contribution < 1.29 is 5.11 Å². The molecule has 0 aliphatic carbocycles. The summed E-state index contributed by atoms with van der Waals surface area (Å²) in [6.45, 7) is 0. The summed E-state index contributed by atoms with van der Waals surface area (Å²) in [5.41, 5.74) is 4.04. The van der Waals surface area contributed by atoms with E-state index in [1.165, 1.54) is 16.7 Å². The van der Waals surface area contributed by atoms with Crippen LogP contribution in [0.4, 0.5) is 0 Å². The van der Waals surface area contributed by atoms with Gasteiger partial charge in [-0.3, -0.25) is 0 Å². The topological polar surface area (TPSA) is 20.2 Å². The van der Waals surface area contributed by atoms with Crippen LogP contribution < -0.4 is 0 Å². The Morgan fingerprint density at radius 2 is 0.913 bits per heavy atom. The molecule has 0 saturated carbocycles. The maximum absolute atomic E-state index is 9.46. The summed E-state index contributed by atoms with van der Waals surface area (Å²) in [5.74, 6) is 0.876. The highest BCUT2D eigenvalue weighted by molar-refractivity contribution is 5.27. The number of hydrogen-bond donors (Lipinski definition) is 1. The number of phenolic OH excluding ortho intramolecular Hbond substituents is 1. The Hall–Kier alpha value is -2.54. The fourth-order valence-electron chi connectivity index (χ4n) is 3.08. The van der Waals surface area contributed by atoms with E-state index in [-0.39, 0.29) is 0 Å². The lowest BCUT2D eigenvalue weighted by atomic mass is 9.87. The first kappa shape index (κ1) is 15.4. The summed E-state index contributed by atoms with van der Waals surface area (Å²) in [6, 6.07) is 29.0. The quantitative estimate of drug-likeness (QED) is 0.676. The van der Waals surface area contributed by atoms with E-state index in [0.717, 1.165) is 19.3 Å². The predicted octanol–water partition coefficient (Wildman–Crippen LogP) is 5.04. The fraction of sp³-hybridized carbons (Fsp3) is 0.182. The van der Waals surface area contributed by atoms with Crippen molar-refractivity contribution in [3.05, 3.63) is 102 Å². The molecule has 1 heteroatoms. The molecule has 0 atom stereocenters. The number of phenols is 1. The lowest BCUT2D eigenvalue weighted by molar-refractivity contribution is 0.474. The minimum atomic E-state index is 0.330. The molecule has 3 aromatic carbocycles. The number of benzene rings is 3. The van der Waals surface area contributed by atoms with E-state index in [0.29, 0.717) is 11.7 Å². The van der Waals surface area contributed by atoms with Crippen LogP contribution in [0.15, 0.2) is 84.9 Å². The minimum Gasteiger partial charge on any atom is -0.508 e. The Morgan fingerprint density at radius 3 is 1.35 bits per heavy atom. The van der Waals surface area contributed by atoms with Gasteiger partial charge in [0.05, 0.1) is 0 Å². The zero-order valence-electron chi connectivity index (χ0n) is 13.2. The van der Waals surface area contributed by atoms with Gasteiger partial charge in [0.2, 0.25) is 0 Å². The molecule has 116 valence electrons. The zero-order valence-corrected chi connectivity index (χ0v) is 13.2. The minimum absolute atomic E-state index is 0.330. The maximum Gasteiger partial charge on any atom is 0.115 e. The summed E-state index contributed by atoms with van der Waals surface area (Å²) < 4.78 is 0. The highest BCUT2D eigenvalue weighted by Crippen LogP contribution is 2.21. The lowest BCUT2D eigenvalue weighted by Gasteiger charge is -2.18. The molecular weight excluding hydrogens is 280 g/mol. The number of aromatic hydroxyl groups is 1. The van der Waals surface area contributed by atoms with E-state index in [4.69, 9.17) is 0 Å². The van der Waals surface area contributed by atoms with Gasteiger partial charge >= 0.3 is 0 Å². The molecule has 3 aromatic rings. The fourth-order valence-corrected chi connectivity index (χ4v) is 3.08. The summed E-state index contributed by atoms with van der Waals surface area (Å²) in [4.78, 5) is 0. The average molecular weight is 302 g/mol.